The van der Waals surface area contributed by atoms with Gasteiger partial charge in [0.25, 0.3) is 5.91 Å². The average Bonchev–Trinajstić information content (AvgIpc) is 3.48. The maximum Gasteiger partial charge on any atom is 0.255 e. The van der Waals surface area contributed by atoms with Crippen molar-refractivity contribution in [2.75, 3.05) is 29.3 Å². The number of carbonyl (C=O) groups is 2. The molecule has 0 atom stereocenters. The lowest BCUT2D eigenvalue weighted by Gasteiger charge is -2.10. The molecule has 9 nitrogen and oxygen atoms in total. The number of aromatic nitrogens is 3. The molecule has 0 saturated heterocycles. The minimum absolute atomic E-state index is 0.107. The lowest BCUT2D eigenvalue weighted by molar-refractivity contribution is -0.113. The first-order valence-corrected chi connectivity index (χ1v) is 11.6. The van der Waals surface area contributed by atoms with E-state index in [0.29, 0.717) is 33.7 Å². The van der Waals surface area contributed by atoms with Gasteiger partial charge in [-0.1, -0.05) is 30.0 Å². The number of hydrogen-bond donors (Lipinski definition) is 3. The van der Waals surface area contributed by atoms with Crippen LogP contribution in [0.1, 0.15) is 10.4 Å². The van der Waals surface area contributed by atoms with Crippen molar-refractivity contribution in [2.45, 2.75) is 5.16 Å². The second-order valence-corrected chi connectivity index (χ2v) is 8.61. The summed E-state index contributed by atoms with van der Waals surface area (Å²) < 4.78 is 6.62. The van der Waals surface area contributed by atoms with E-state index in [4.69, 9.17) is 10.6 Å². The predicted octanol–water partition coefficient (Wildman–Crippen LogP) is 3.71. The molecule has 168 valence electrons. The molecule has 2 heterocycles. The smallest absolute Gasteiger partial charge is 0.255 e. The molecule has 4 N–H and O–H groups in total. The summed E-state index contributed by atoms with van der Waals surface area (Å²) in [6, 6.07) is 17.6. The SMILES string of the molecule is COc1ccccc1NC(=O)c1ccc(NC(=O)CSc2nnc(-c3cccs3)n2N)cc1. The molecule has 0 radical (unpaired) electrons. The van der Waals surface area contributed by atoms with Gasteiger partial charge in [0.15, 0.2) is 5.82 Å². The van der Waals surface area contributed by atoms with E-state index in [1.54, 1.807) is 43.5 Å². The Morgan fingerprint density at radius 1 is 1.06 bits per heavy atom. The number of para-hydroxylation sites is 2. The zero-order valence-corrected chi connectivity index (χ0v) is 19.2. The van der Waals surface area contributed by atoms with Gasteiger partial charge in [-0.25, -0.2) is 4.68 Å². The molecule has 0 bridgehead atoms. The Morgan fingerprint density at radius 2 is 1.85 bits per heavy atom. The number of hydrogen-bond acceptors (Lipinski definition) is 8. The summed E-state index contributed by atoms with van der Waals surface area (Å²) in [6.07, 6.45) is 0. The molecule has 0 unspecified atom stereocenters. The molecule has 0 aliphatic rings. The molecule has 2 amide bonds. The fourth-order valence-electron chi connectivity index (χ4n) is 2.92. The third-order valence-electron chi connectivity index (χ3n) is 4.52. The fourth-order valence-corrected chi connectivity index (χ4v) is 4.29. The molecule has 33 heavy (non-hydrogen) atoms. The zero-order chi connectivity index (χ0) is 23.2. The number of methoxy groups -OCH3 is 1. The Kier molecular flexibility index (Phi) is 6.91. The number of amides is 2. The van der Waals surface area contributed by atoms with Crippen molar-refractivity contribution >= 4 is 46.3 Å². The predicted molar refractivity (Wildman–Crippen MR) is 130 cm³/mol. The number of nitrogens with zero attached hydrogens (tertiary/aromatic N) is 3. The zero-order valence-electron chi connectivity index (χ0n) is 17.5. The second kappa shape index (κ2) is 10.2. The van der Waals surface area contributed by atoms with Gasteiger partial charge >= 0.3 is 0 Å². The maximum atomic E-state index is 12.5. The highest BCUT2D eigenvalue weighted by Crippen LogP contribution is 2.26. The van der Waals surface area contributed by atoms with Gasteiger partial charge < -0.3 is 21.2 Å². The van der Waals surface area contributed by atoms with Crippen molar-refractivity contribution in [3.63, 3.8) is 0 Å². The van der Waals surface area contributed by atoms with Crippen LogP contribution >= 0.6 is 23.1 Å². The first-order valence-electron chi connectivity index (χ1n) is 9.76. The van der Waals surface area contributed by atoms with Gasteiger partial charge in [-0.05, 0) is 47.8 Å². The maximum absolute atomic E-state index is 12.5. The summed E-state index contributed by atoms with van der Waals surface area (Å²) in [7, 11) is 1.54. The Labute approximate surface area is 197 Å². The van der Waals surface area contributed by atoms with Crippen LogP contribution in [0.5, 0.6) is 5.75 Å². The Bertz CT molecular complexity index is 1260. The van der Waals surface area contributed by atoms with Gasteiger partial charge in [-0.3, -0.25) is 9.59 Å². The number of ether oxygens (including phenoxy) is 1. The molecule has 0 aliphatic carbocycles. The van der Waals surface area contributed by atoms with Gasteiger partial charge in [-0.15, -0.1) is 21.5 Å². The topological polar surface area (TPSA) is 124 Å². The largest absolute Gasteiger partial charge is 0.495 e. The molecule has 0 spiro atoms. The van der Waals surface area contributed by atoms with Gasteiger partial charge in [-0.2, -0.15) is 0 Å². The van der Waals surface area contributed by atoms with Gasteiger partial charge in [0.2, 0.25) is 11.1 Å². The third-order valence-corrected chi connectivity index (χ3v) is 6.33. The van der Waals surface area contributed by atoms with E-state index >= 15 is 0 Å². The Balaban J connectivity index is 1.32. The van der Waals surface area contributed by atoms with Crippen molar-refractivity contribution in [3.05, 3.63) is 71.6 Å². The number of carbonyl (C=O) groups excluding carboxylic acids is 2. The van der Waals surface area contributed by atoms with E-state index in [1.807, 2.05) is 29.6 Å². The number of benzene rings is 2. The van der Waals surface area contributed by atoms with Crippen LogP contribution < -0.4 is 21.2 Å². The molecular formula is C22H20N6O3S2. The summed E-state index contributed by atoms with van der Waals surface area (Å²) >= 11 is 2.69. The second-order valence-electron chi connectivity index (χ2n) is 6.72. The van der Waals surface area contributed by atoms with Crippen LogP contribution in [0.25, 0.3) is 10.7 Å². The van der Waals surface area contributed by atoms with E-state index in [-0.39, 0.29) is 17.6 Å². The van der Waals surface area contributed by atoms with Crippen LogP contribution in [-0.2, 0) is 4.79 Å². The van der Waals surface area contributed by atoms with E-state index < -0.39 is 0 Å². The van der Waals surface area contributed by atoms with Gasteiger partial charge in [0.1, 0.15) is 5.75 Å². The number of nitrogens with two attached hydrogens (primary N) is 1. The number of anilines is 2. The highest BCUT2D eigenvalue weighted by Gasteiger charge is 2.15. The molecule has 2 aromatic heterocycles. The van der Waals surface area contributed by atoms with Crippen molar-refractivity contribution in [1.29, 1.82) is 0 Å². The molecule has 0 aliphatic heterocycles. The number of thioether (sulfide) groups is 1. The third kappa shape index (κ3) is 5.33. The average molecular weight is 481 g/mol. The summed E-state index contributed by atoms with van der Waals surface area (Å²) in [6.45, 7) is 0. The fraction of sp³-hybridized carbons (Fsp3) is 0.0909. The lowest BCUT2D eigenvalue weighted by Crippen LogP contribution is -2.16. The molecule has 2 aromatic carbocycles. The molecule has 0 saturated carbocycles. The van der Waals surface area contributed by atoms with Crippen LogP contribution in [0.15, 0.2) is 71.2 Å². The van der Waals surface area contributed by atoms with Crippen LogP contribution in [-0.4, -0.2) is 39.6 Å². The van der Waals surface area contributed by atoms with E-state index in [0.717, 1.165) is 4.88 Å². The number of nitrogens with one attached hydrogen (secondary N) is 2. The highest BCUT2D eigenvalue weighted by molar-refractivity contribution is 7.99. The standard InChI is InChI=1S/C22H20N6O3S2/c1-31-17-6-3-2-5-16(17)25-21(30)14-8-10-15(11-9-14)24-19(29)13-33-22-27-26-20(28(22)23)18-7-4-12-32-18/h2-12H,13,23H2,1H3,(H,24,29)(H,25,30). The minimum Gasteiger partial charge on any atom is -0.495 e. The summed E-state index contributed by atoms with van der Waals surface area (Å²) in [4.78, 5) is 25.8. The van der Waals surface area contributed by atoms with E-state index in [2.05, 4.69) is 20.8 Å². The van der Waals surface area contributed by atoms with Gasteiger partial charge in [0, 0.05) is 11.3 Å². The van der Waals surface area contributed by atoms with Crippen molar-refractivity contribution in [3.8, 4) is 16.5 Å². The van der Waals surface area contributed by atoms with Crippen molar-refractivity contribution in [2.24, 2.45) is 0 Å². The quantitative estimate of drug-likeness (QED) is 0.259. The summed E-state index contributed by atoms with van der Waals surface area (Å²) in [5.74, 6) is 6.77. The Hall–Kier alpha value is -3.83. The van der Waals surface area contributed by atoms with Crippen LogP contribution in [0, 0.1) is 0 Å². The van der Waals surface area contributed by atoms with Crippen LogP contribution in [0.2, 0.25) is 0 Å². The first-order chi connectivity index (χ1) is 16.0. The molecule has 4 aromatic rings. The molecular weight excluding hydrogens is 460 g/mol. The van der Waals surface area contributed by atoms with Crippen molar-refractivity contribution in [1.82, 2.24) is 14.9 Å². The van der Waals surface area contributed by atoms with Crippen molar-refractivity contribution < 1.29 is 14.3 Å². The number of rotatable bonds is 8. The minimum atomic E-state index is -0.281. The van der Waals surface area contributed by atoms with Crippen LogP contribution in [0.4, 0.5) is 11.4 Å². The highest BCUT2D eigenvalue weighted by atomic mass is 32.2. The van der Waals surface area contributed by atoms with Gasteiger partial charge in [0.05, 0.1) is 23.4 Å². The first kappa shape index (κ1) is 22.4. The molecule has 11 heteroatoms. The Morgan fingerprint density at radius 3 is 2.58 bits per heavy atom. The molecule has 4 rings (SSSR count). The number of thiophene rings is 1. The lowest BCUT2D eigenvalue weighted by atomic mass is 10.2. The number of nitrogen functional groups attached to an aromatic ring is 1. The molecule has 0 fully saturated rings. The normalized spacial score (nSPS) is 10.6. The summed E-state index contributed by atoms with van der Waals surface area (Å²) in [5, 5.41) is 16.1. The monoisotopic (exact) mass is 480 g/mol. The van der Waals surface area contributed by atoms with Crippen LogP contribution in [0.3, 0.4) is 0 Å². The van der Waals surface area contributed by atoms with E-state index in [1.165, 1.54) is 27.8 Å². The summed E-state index contributed by atoms with van der Waals surface area (Å²) in [5.41, 5.74) is 1.60. The van der Waals surface area contributed by atoms with E-state index in [9.17, 15) is 9.59 Å².